The Bertz CT molecular complexity index is 874. The van der Waals surface area contributed by atoms with E-state index in [0.29, 0.717) is 16.7 Å². The van der Waals surface area contributed by atoms with E-state index < -0.39 is 0 Å². The molecule has 140 valence electrons. The fourth-order valence-electron chi connectivity index (χ4n) is 3.31. The first-order valence-electron chi connectivity index (χ1n) is 9.19. The summed E-state index contributed by atoms with van der Waals surface area (Å²) in [6.07, 6.45) is 0. The van der Waals surface area contributed by atoms with Gasteiger partial charge in [-0.2, -0.15) is 0 Å². The van der Waals surface area contributed by atoms with E-state index >= 15 is 0 Å². The van der Waals surface area contributed by atoms with Gasteiger partial charge >= 0.3 is 0 Å². The topological polar surface area (TPSA) is 51.2 Å². The zero-order chi connectivity index (χ0) is 20.3. The Kier molecular flexibility index (Phi) is 5.65. The standard InChI is InChI=1S/C25H22O3/c1-16(26)19-4-10-22(11-5-19)25(23-12-6-20(7-13-23)17(2)27)24-14-8-21(9-15-24)18(3)28/h4-15,25H,1-3H3. The average molecular weight is 370 g/mol. The van der Waals surface area contributed by atoms with Gasteiger partial charge in [-0.15, -0.1) is 0 Å². The van der Waals surface area contributed by atoms with Gasteiger partial charge in [0.1, 0.15) is 0 Å². The van der Waals surface area contributed by atoms with E-state index in [-0.39, 0.29) is 23.3 Å². The summed E-state index contributed by atoms with van der Waals surface area (Å²) in [5.41, 5.74) is 5.12. The summed E-state index contributed by atoms with van der Waals surface area (Å²) >= 11 is 0. The van der Waals surface area contributed by atoms with Gasteiger partial charge in [0, 0.05) is 22.6 Å². The molecule has 0 unspecified atom stereocenters. The van der Waals surface area contributed by atoms with Crippen LogP contribution >= 0.6 is 0 Å². The zero-order valence-electron chi connectivity index (χ0n) is 16.2. The van der Waals surface area contributed by atoms with Crippen LogP contribution in [-0.2, 0) is 0 Å². The van der Waals surface area contributed by atoms with Crippen molar-refractivity contribution in [2.75, 3.05) is 0 Å². The molecule has 3 heteroatoms. The normalized spacial score (nSPS) is 10.7. The molecule has 0 aliphatic rings. The molecule has 0 aromatic heterocycles. The van der Waals surface area contributed by atoms with Crippen LogP contribution in [0.2, 0.25) is 0 Å². The second kappa shape index (κ2) is 8.13. The molecule has 3 aromatic rings. The van der Waals surface area contributed by atoms with Crippen LogP contribution in [0.4, 0.5) is 0 Å². The highest BCUT2D eigenvalue weighted by Gasteiger charge is 2.18. The molecule has 0 atom stereocenters. The summed E-state index contributed by atoms with van der Waals surface area (Å²) in [5, 5.41) is 0. The van der Waals surface area contributed by atoms with Crippen LogP contribution in [0.3, 0.4) is 0 Å². The van der Waals surface area contributed by atoms with E-state index in [1.54, 1.807) is 20.8 Å². The molecule has 0 fully saturated rings. The number of ketones is 3. The lowest BCUT2D eigenvalue weighted by molar-refractivity contribution is 0.100. The molecule has 0 spiro atoms. The summed E-state index contributed by atoms with van der Waals surface area (Å²) in [5.74, 6) is 0.0159. The molecule has 3 aromatic carbocycles. The van der Waals surface area contributed by atoms with Gasteiger partial charge in [-0.05, 0) is 37.5 Å². The van der Waals surface area contributed by atoms with Crippen LogP contribution in [-0.4, -0.2) is 17.3 Å². The van der Waals surface area contributed by atoms with Crippen molar-refractivity contribution in [3.8, 4) is 0 Å². The van der Waals surface area contributed by atoms with Crippen molar-refractivity contribution in [2.45, 2.75) is 26.7 Å². The summed E-state index contributed by atoms with van der Waals surface area (Å²) in [4.78, 5) is 34.8. The summed E-state index contributed by atoms with van der Waals surface area (Å²) in [7, 11) is 0. The molecule has 0 aliphatic heterocycles. The largest absolute Gasteiger partial charge is 0.295 e. The van der Waals surface area contributed by atoms with Crippen LogP contribution in [0.1, 0.15) is 74.5 Å². The van der Waals surface area contributed by atoms with E-state index in [4.69, 9.17) is 0 Å². The molecule has 3 rings (SSSR count). The van der Waals surface area contributed by atoms with Crippen molar-refractivity contribution in [3.05, 3.63) is 106 Å². The zero-order valence-corrected chi connectivity index (χ0v) is 16.2. The number of benzene rings is 3. The Morgan fingerprint density at radius 2 is 0.679 bits per heavy atom. The fourth-order valence-corrected chi connectivity index (χ4v) is 3.31. The summed E-state index contributed by atoms with van der Waals surface area (Å²) in [6, 6.07) is 22.7. The maximum atomic E-state index is 11.6. The number of hydrogen-bond donors (Lipinski definition) is 0. The maximum Gasteiger partial charge on any atom is 0.159 e. The third-order valence-corrected chi connectivity index (χ3v) is 4.95. The van der Waals surface area contributed by atoms with Crippen LogP contribution in [0.5, 0.6) is 0 Å². The molecule has 0 saturated carbocycles. The van der Waals surface area contributed by atoms with Crippen molar-refractivity contribution in [1.82, 2.24) is 0 Å². The van der Waals surface area contributed by atoms with Gasteiger partial charge in [0.15, 0.2) is 17.3 Å². The molecule has 0 bridgehead atoms. The highest BCUT2D eigenvalue weighted by atomic mass is 16.1. The van der Waals surface area contributed by atoms with E-state index in [1.165, 1.54) is 0 Å². The van der Waals surface area contributed by atoms with Crippen LogP contribution in [0, 0.1) is 0 Å². The van der Waals surface area contributed by atoms with Crippen LogP contribution in [0.15, 0.2) is 72.8 Å². The lowest BCUT2D eigenvalue weighted by Crippen LogP contribution is -2.05. The number of carbonyl (C=O) groups is 3. The molecule has 0 amide bonds. The molecule has 0 saturated heterocycles. The van der Waals surface area contributed by atoms with Crippen molar-refractivity contribution in [3.63, 3.8) is 0 Å². The van der Waals surface area contributed by atoms with Gasteiger partial charge in [0.05, 0.1) is 0 Å². The lowest BCUT2D eigenvalue weighted by Gasteiger charge is -2.20. The van der Waals surface area contributed by atoms with Gasteiger partial charge in [-0.1, -0.05) is 72.8 Å². The molecule has 0 radical (unpaired) electrons. The van der Waals surface area contributed by atoms with E-state index in [9.17, 15) is 14.4 Å². The van der Waals surface area contributed by atoms with Crippen molar-refractivity contribution in [1.29, 1.82) is 0 Å². The first kappa shape index (κ1) is 19.4. The van der Waals surface area contributed by atoms with Crippen LogP contribution in [0.25, 0.3) is 0 Å². The third-order valence-electron chi connectivity index (χ3n) is 4.95. The Morgan fingerprint density at radius 1 is 0.464 bits per heavy atom. The van der Waals surface area contributed by atoms with Gasteiger partial charge in [0.25, 0.3) is 0 Å². The minimum absolute atomic E-state index is 0.0275. The predicted molar refractivity (Wildman–Crippen MR) is 110 cm³/mol. The molecule has 0 heterocycles. The number of Topliss-reactive ketones (excluding diaryl/α,β-unsaturated/α-hetero) is 3. The first-order valence-corrected chi connectivity index (χ1v) is 9.19. The molecule has 0 N–H and O–H groups in total. The second-order valence-electron chi connectivity index (χ2n) is 6.97. The fraction of sp³-hybridized carbons (Fsp3) is 0.160. The van der Waals surface area contributed by atoms with Crippen LogP contribution < -0.4 is 0 Å². The van der Waals surface area contributed by atoms with E-state index in [0.717, 1.165) is 16.7 Å². The smallest absolute Gasteiger partial charge is 0.159 e. The van der Waals surface area contributed by atoms with E-state index in [1.807, 2.05) is 72.8 Å². The van der Waals surface area contributed by atoms with Gasteiger partial charge in [-0.25, -0.2) is 0 Å². The highest BCUT2D eigenvalue weighted by molar-refractivity contribution is 5.95. The quantitative estimate of drug-likeness (QED) is 0.427. The van der Waals surface area contributed by atoms with Gasteiger partial charge < -0.3 is 0 Å². The van der Waals surface area contributed by atoms with Gasteiger partial charge in [0.2, 0.25) is 0 Å². The number of carbonyl (C=O) groups excluding carboxylic acids is 3. The molecule has 0 aliphatic carbocycles. The lowest BCUT2D eigenvalue weighted by atomic mass is 9.84. The summed E-state index contributed by atoms with van der Waals surface area (Å²) in [6.45, 7) is 4.65. The van der Waals surface area contributed by atoms with Crippen molar-refractivity contribution >= 4 is 17.3 Å². The Labute approximate surface area is 165 Å². The Balaban J connectivity index is 2.08. The summed E-state index contributed by atoms with van der Waals surface area (Å²) < 4.78 is 0. The third kappa shape index (κ3) is 4.15. The van der Waals surface area contributed by atoms with Crippen molar-refractivity contribution in [2.24, 2.45) is 0 Å². The number of rotatable bonds is 6. The molecule has 28 heavy (non-hydrogen) atoms. The number of hydrogen-bond acceptors (Lipinski definition) is 3. The predicted octanol–water partition coefficient (Wildman–Crippen LogP) is 5.47. The van der Waals surface area contributed by atoms with Crippen molar-refractivity contribution < 1.29 is 14.4 Å². The first-order chi connectivity index (χ1) is 13.4. The molecule has 3 nitrogen and oxygen atoms in total. The Morgan fingerprint density at radius 3 is 0.857 bits per heavy atom. The second-order valence-corrected chi connectivity index (χ2v) is 6.97. The monoisotopic (exact) mass is 370 g/mol. The molecular formula is C25H22O3. The minimum Gasteiger partial charge on any atom is -0.295 e. The molecular weight excluding hydrogens is 348 g/mol. The van der Waals surface area contributed by atoms with E-state index in [2.05, 4.69) is 0 Å². The van der Waals surface area contributed by atoms with Gasteiger partial charge in [-0.3, -0.25) is 14.4 Å². The average Bonchev–Trinajstić information content (AvgIpc) is 2.69. The SMILES string of the molecule is CC(=O)c1ccc(C(c2ccc(C(C)=O)cc2)c2ccc(C(C)=O)cc2)cc1. The Hall–Kier alpha value is -3.33. The minimum atomic E-state index is -0.0666. The highest BCUT2D eigenvalue weighted by Crippen LogP contribution is 2.32. The maximum absolute atomic E-state index is 11.6.